The van der Waals surface area contributed by atoms with E-state index in [1.165, 1.54) is 0 Å². The first-order chi connectivity index (χ1) is 8.37. The Kier molecular flexibility index (Phi) is 5.41. The highest BCUT2D eigenvalue weighted by atomic mass is 17.2. The number of rotatable bonds is 4. The molecule has 0 saturated heterocycles. The summed E-state index contributed by atoms with van der Waals surface area (Å²) in [4.78, 5) is 22.5. The molecule has 1 N–H and O–H groups in total. The molecule has 0 aromatic rings. The lowest BCUT2D eigenvalue weighted by Crippen LogP contribution is -2.53. The minimum Gasteiger partial charge on any atom is -0.450 e. The van der Waals surface area contributed by atoms with Gasteiger partial charge in [0.15, 0.2) is 5.72 Å². The van der Waals surface area contributed by atoms with E-state index in [1.54, 1.807) is 6.92 Å². The van der Waals surface area contributed by atoms with E-state index >= 15 is 0 Å². The van der Waals surface area contributed by atoms with E-state index in [9.17, 15) is 4.79 Å². The van der Waals surface area contributed by atoms with Gasteiger partial charge in [-0.25, -0.2) is 14.6 Å². The first-order valence-electron chi connectivity index (χ1n) is 6.69. The predicted octanol–water partition coefficient (Wildman–Crippen LogP) is 3.14. The first kappa shape index (κ1) is 15.2. The third-order valence-corrected chi connectivity index (χ3v) is 2.72. The first-order valence-corrected chi connectivity index (χ1v) is 6.69. The van der Waals surface area contributed by atoms with Gasteiger partial charge in [0.1, 0.15) is 0 Å². The number of ether oxygens (including phenoxy) is 1. The fourth-order valence-electron chi connectivity index (χ4n) is 1.91. The smallest absolute Gasteiger partial charge is 0.409 e. The molecule has 106 valence electrons. The second-order valence-corrected chi connectivity index (χ2v) is 5.68. The third kappa shape index (κ3) is 5.23. The predicted molar refractivity (Wildman–Crippen MR) is 67.9 cm³/mol. The Hall–Kier alpha value is -0.810. The molecule has 18 heavy (non-hydrogen) atoms. The molecule has 1 aliphatic rings. The summed E-state index contributed by atoms with van der Waals surface area (Å²) in [5.41, 5.74) is -1.14. The summed E-state index contributed by atoms with van der Waals surface area (Å²) in [5.74, 6) is 0. The zero-order valence-corrected chi connectivity index (χ0v) is 11.9. The van der Waals surface area contributed by atoms with Crippen LogP contribution in [0.1, 0.15) is 59.8 Å². The second-order valence-electron chi connectivity index (χ2n) is 5.68. The Labute approximate surface area is 109 Å². The van der Waals surface area contributed by atoms with Gasteiger partial charge in [0.05, 0.1) is 12.2 Å². The molecular formula is C13H25NO4. The average molecular weight is 259 g/mol. The van der Waals surface area contributed by atoms with Gasteiger partial charge >= 0.3 is 6.09 Å². The molecule has 0 unspecified atom stereocenters. The summed E-state index contributed by atoms with van der Waals surface area (Å²) in [6, 6.07) is 0. The van der Waals surface area contributed by atoms with E-state index < -0.39 is 17.4 Å². The highest BCUT2D eigenvalue weighted by Crippen LogP contribution is 2.31. The molecule has 0 heterocycles. The molecule has 1 amide bonds. The van der Waals surface area contributed by atoms with Gasteiger partial charge in [0.25, 0.3) is 0 Å². The topological polar surface area (TPSA) is 56.8 Å². The van der Waals surface area contributed by atoms with Crippen molar-refractivity contribution in [2.45, 2.75) is 71.1 Å². The molecule has 0 radical (unpaired) electrons. The van der Waals surface area contributed by atoms with Crippen LogP contribution in [0.5, 0.6) is 0 Å². The van der Waals surface area contributed by atoms with Crippen molar-refractivity contribution in [2.24, 2.45) is 0 Å². The van der Waals surface area contributed by atoms with Crippen molar-refractivity contribution in [3.8, 4) is 0 Å². The molecule has 0 bridgehead atoms. The fraction of sp³-hybridized carbons (Fsp3) is 0.923. The standard InChI is InChI=1S/C13H25NO4/c1-5-16-11(15)14-13(9-7-6-8-10-13)18-17-12(2,3)4/h5-10H2,1-4H3,(H,14,15). The normalized spacial score (nSPS) is 19.3. The molecule has 5 nitrogen and oxygen atoms in total. The molecule has 1 saturated carbocycles. The van der Waals surface area contributed by atoms with Crippen LogP contribution in [-0.4, -0.2) is 24.0 Å². The Morgan fingerprint density at radius 1 is 1.22 bits per heavy atom. The molecule has 5 heteroatoms. The molecule has 0 spiro atoms. The minimum atomic E-state index is -0.738. The van der Waals surface area contributed by atoms with Gasteiger partial charge in [-0.15, -0.1) is 0 Å². The third-order valence-electron chi connectivity index (χ3n) is 2.72. The highest BCUT2D eigenvalue weighted by Gasteiger charge is 2.37. The Morgan fingerprint density at radius 2 is 1.83 bits per heavy atom. The van der Waals surface area contributed by atoms with Gasteiger partial charge in [-0.3, -0.25) is 5.32 Å². The van der Waals surface area contributed by atoms with Crippen molar-refractivity contribution in [1.29, 1.82) is 0 Å². The van der Waals surface area contributed by atoms with Gasteiger partial charge in [-0.1, -0.05) is 6.42 Å². The maximum absolute atomic E-state index is 11.6. The monoisotopic (exact) mass is 259 g/mol. The molecule has 0 aromatic carbocycles. The lowest BCUT2D eigenvalue weighted by atomic mass is 9.92. The van der Waals surface area contributed by atoms with Crippen molar-refractivity contribution in [3.05, 3.63) is 0 Å². The van der Waals surface area contributed by atoms with E-state index in [0.29, 0.717) is 6.61 Å². The fourth-order valence-corrected chi connectivity index (χ4v) is 1.91. The number of carbonyl (C=O) groups is 1. The second kappa shape index (κ2) is 6.38. The summed E-state index contributed by atoms with van der Waals surface area (Å²) in [6.07, 6.45) is 4.24. The maximum Gasteiger partial charge on any atom is 0.409 e. The van der Waals surface area contributed by atoms with Crippen molar-refractivity contribution < 1.29 is 19.3 Å². The highest BCUT2D eigenvalue weighted by molar-refractivity contribution is 5.67. The van der Waals surface area contributed by atoms with Crippen LogP contribution < -0.4 is 5.32 Å². The molecule has 0 aliphatic heterocycles. The SMILES string of the molecule is CCOC(=O)NC1(OOC(C)(C)C)CCCCC1. The van der Waals surface area contributed by atoms with Gasteiger partial charge < -0.3 is 4.74 Å². The molecule has 0 aromatic heterocycles. The van der Waals surface area contributed by atoms with E-state index in [2.05, 4.69) is 5.32 Å². The Morgan fingerprint density at radius 3 is 2.33 bits per heavy atom. The number of alkyl carbamates (subject to hydrolysis) is 1. The number of nitrogens with one attached hydrogen (secondary N) is 1. The number of carbonyl (C=O) groups excluding carboxylic acids is 1. The molecule has 0 atom stereocenters. The van der Waals surface area contributed by atoms with Crippen LogP contribution in [0.3, 0.4) is 0 Å². The average Bonchev–Trinajstić information content (AvgIpc) is 2.27. The van der Waals surface area contributed by atoms with E-state index in [1.807, 2.05) is 20.8 Å². The van der Waals surface area contributed by atoms with E-state index in [0.717, 1.165) is 32.1 Å². The Bertz CT molecular complexity index is 267. The van der Waals surface area contributed by atoms with Gasteiger partial charge in [-0.05, 0) is 53.4 Å². The van der Waals surface area contributed by atoms with Crippen LogP contribution in [0.15, 0.2) is 0 Å². The summed E-state index contributed by atoms with van der Waals surface area (Å²) in [5, 5.41) is 2.80. The van der Waals surface area contributed by atoms with E-state index in [-0.39, 0.29) is 0 Å². The van der Waals surface area contributed by atoms with Crippen LogP contribution >= 0.6 is 0 Å². The minimum absolute atomic E-state index is 0.349. The Balaban J connectivity index is 2.60. The van der Waals surface area contributed by atoms with Crippen LogP contribution in [0, 0.1) is 0 Å². The number of amides is 1. The van der Waals surface area contributed by atoms with Crippen molar-refractivity contribution in [2.75, 3.05) is 6.61 Å². The van der Waals surface area contributed by atoms with Crippen LogP contribution in [0.25, 0.3) is 0 Å². The number of hydrogen-bond acceptors (Lipinski definition) is 4. The lowest BCUT2D eigenvalue weighted by Gasteiger charge is -2.37. The zero-order valence-electron chi connectivity index (χ0n) is 11.9. The lowest BCUT2D eigenvalue weighted by molar-refractivity contribution is -0.413. The molecule has 1 fully saturated rings. The van der Waals surface area contributed by atoms with Crippen LogP contribution in [0.2, 0.25) is 0 Å². The summed E-state index contributed by atoms with van der Waals surface area (Å²) >= 11 is 0. The summed E-state index contributed by atoms with van der Waals surface area (Å²) in [7, 11) is 0. The van der Waals surface area contributed by atoms with Crippen molar-refractivity contribution in [1.82, 2.24) is 5.32 Å². The van der Waals surface area contributed by atoms with E-state index in [4.69, 9.17) is 14.5 Å². The maximum atomic E-state index is 11.6. The molecular weight excluding hydrogens is 234 g/mol. The van der Waals surface area contributed by atoms with Crippen molar-refractivity contribution >= 4 is 6.09 Å². The van der Waals surface area contributed by atoms with Crippen molar-refractivity contribution in [3.63, 3.8) is 0 Å². The van der Waals surface area contributed by atoms with Crippen LogP contribution in [-0.2, 0) is 14.5 Å². The zero-order chi connectivity index (χ0) is 13.6. The molecule has 1 aliphatic carbocycles. The van der Waals surface area contributed by atoms with Gasteiger partial charge in [-0.2, -0.15) is 0 Å². The number of hydrogen-bond donors (Lipinski definition) is 1. The largest absolute Gasteiger partial charge is 0.450 e. The summed E-state index contributed by atoms with van der Waals surface area (Å²) < 4.78 is 4.92. The quantitative estimate of drug-likeness (QED) is 0.479. The summed E-state index contributed by atoms with van der Waals surface area (Å²) in [6.45, 7) is 7.86. The van der Waals surface area contributed by atoms with Gasteiger partial charge in [0, 0.05) is 0 Å². The van der Waals surface area contributed by atoms with Crippen LogP contribution in [0.4, 0.5) is 4.79 Å². The molecule has 1 rings (SSSR count). The van der Waals surface area contributed by atoms with Gasteiger partial charge in [0.2, 0.25) is 0 Å².